The van der Waals surface area contributed by atoms with Crippen molar-refractivity contribution in [1.29, 1.82) is 0 Å². The van der Waals surface area contributed by atoms with Gasteiger partial charge in [0.15, 0.2) is 0 Å². The molecule has 1 fully saturated rings. The van der Waals surface area contributed by atoms with Crippen molar-refractivity contribution in [2.24, 2.45) is 13.0 Å². The van der Waals surface area contributed by atoms with Crippen LogP contribution in [0.5, 0.6) is 0 Å². The number of carbonyl (C=O) groups excluding carboxylic acids is 1. The summed E-state index contributed by atoms with van der Waals surface area (Å²) in [4.78, 5) is 13.9. The van der Waals surface area contributed by atoms with Gasteiger partial charge in [-0.25, -0.2) is 4.79 Å². The minimum Gasteiger partial charge on any atom is -0.396 e. The second-order valence-corrected chi connectivity index (χ2v) is 5.87. The molecule has 1 aliphatic rings. The fourth-order valence-electron chi connectivity index (χ4n) is 2.90. The van der Waals surface area contributed by atoms with Crippen LogP contribution < -0.4 is 5.32 Å². The van der Waals surface area contributed by atoms with E-state index in [4.69, 9.17) is 5.11 Å². The molecule has 0 radical (unpaired) electrons. The zero-order chi connectivity index (χ0) is 15.4. The van der Waals surface area contributed by atoms with Crippen LogP contribution in [0.15, 0.2) is 0 Å². The van der Waals surface area contributed by atoms with Crippen LogP contribution in [0, 0.1) is 19.8 Å². The Labute approximate surface area is 126 Å². The maximum atomic E-state index is 12.1. The van der Waals surface area contributed by atoms with Crippen molar-refractivity contribution in [3.8, 4) is 0 Å². The largest absolute Gasteiger partial charge is 0.396 e. The van der Waals surface area contributed by atoms with Gasteiger partial charge in [0, 0.05) is 39.0 Å². The van der Waals surface area contributed by atoms with Gasteiger partial charge in [-0.2, -0.15) is 5.10 Å². The van der Waals surface area contributed by atoms with E-state index in [1.54, 1.807) is 0 Å². The van der Waals surface area contributed by atoms with Gasteiger partial charge in [-0.1, -0.05) is 0 Å². The van der Waals surface area contributed by atoms with Gasteiger partial charge < -0.3 is 15.3 Å². The maximum absolute atomic E-state index is 12.1. The SMILES string of the molecule is Cc1nn(C)c(C)c1CCNC(=O)N1CCC(CO)CC1. The molecule has 2 rings (SSSR count). The highest BCUT2D eigenvalue weighted by Gasteiger charge is 2.22. The van der Waals surface area contributed by atoms with Crippen LogP contribution in [-0.4, -0.2) is 52.1 Å². The van der Waals surface area contributed by atoms with Crippen LogP contribution in [0.2, 0.25) is 0 Å². The Bertz CT molecular complexity index is 490. The molecule has 6 heteroatoms. The lowest BCUT2D eigenvalue weighted by molar-refractivity contribution is 0.137. The molecule has 21 heavy (non-hydrogen) atoms. The summed E-state index contributed by atoms with van der Waals surface area (Å²) in [6, 6.07) is 0.00517. The minimum atomic E-state index is 0.00517. The van der Waals surface area contributed by atoms with Crippen LogP contribution in [0.3, 0.4) is 0 Å². The summed E-state index contributed by atoms with van der Waals surface area (Å²) in [6.07, 6.45) is 2.60. The molecule has 6 nitrogen and oxygen atoms in total. The van der Waals surface area contributed by atoms with Gasteiger partial charge in [-0.3, -0.25) is 4.68 Å². The number of aliphatic hydroxyl groups is 1. The summed E-state index contributed by atoms with van der Waals surface area (Å²) in [7, 11) is 1.94. The highest BCUT2D eigenvalue weighted by atomic mass is 16.3. The van der Waals surface area contributed by atoms with Crippen LogP contribution in [-0.2, 0) is 13.5 Å². The lowest BCUT2D eigenvalue weighted by Crippen LogP contribution is -2.45. The summed E-state index contributed by atoms with van der Waals surface area (Å²) in [5.41, 5.74) is 3.41. The van der Waals surface area contributed by atoms with Gasteiger partial charge in [-0.15, -0.1) is 0 Å². The van der Waals surface area contributed by atoms with Crippen LogP contribution in [0.25, 0.3) is 0 Å². The standard InChI is InChI=1S/C15H26N4O2/c1-11-14(12(2)18(3)17-11)4-7-16-15(21)19-8-5-13(10-20)6-9-19/h13,20H,4-10H2,1-3H3,(H,16,21). The van der Waals surface area contributed by atoms with Gasteiger partial charge in [0.2, 0.25) is 0 Å². The topological polar surface area (TPSA) is 70.4 Å². The first kappa shape index (κ1) is 15.8. The summed E-state index contributed by atoms with van der Waals surface area (Å²) < 4.78 is 1.88. The van der Waals surface area contributed by atoms with Gasteiger partial charge in [0.05, 0.1) is 5.69 Å². The molecular formula is C15H26N4O2. The first-order valence-electron chi connectivity index (χ1n) is 7.65. The number of likely N-dealkylation sites (tertiary alicyclic amines) is 1. The Morgan fingerprint density at radius 2 is 2.05 bits per heavy atom. The van der Waals surface area contributed by atoms with E-state index in [0.29, 0.717) is 12.5 Å². The maximum Gasteiger partial charge on any atom is 0.317 e. The van der Waals surface area contributed by atoms with Crippen molar-refractivity contribution in [3.63, 3.8) is 0 Å². The Hall–Kier alpha value is -1.56. The van der Waals surface area contributed by atoms with Crippen LogP contribution in [0.4, 0.5) is 4.79 Å². The number of nitrogens with one attached hydrogen (secondary N) is 1. The predicted molar refractivity (Wildman–Crippen MR) is 81.2 cm³/mol. The molecule has 118 valence electrons. The predicted octanol–water partition coefficient (Wildman–Crippen LogP) is 0.993. The molecule has 1 aliphatic heterocycles. The number of aliphatic hydroxyl groups excluding tert-OH is 1. The molecule has 0 aromatic carbocycles. The number of hydrogen-bond acceptors (Lipinski definition) is 3. The third kappa shape index (κ3) is 3.75. The Kier molecular flexibility index (Phi) is 5.22. The summed E-state index contributed by atoms with van der Waals surface area (Å²) in [5.74, 6) is 0.356. The number of amides is 2. The lowest BCUT2D eigenvalue weighted by atomic mass is 9.98. The zero-order valence-electron chi connectivity index (χ0n) is 13.2. The fraction of sp³-hybridized carbons (Fsp3) is 0.733. The van der Waals surface area contributed by atoms with Gasteiger partial charge in [-0.05, 0) is 44.6 Å². The smallest absolute Gasteiger partial charge is 0.317 e. The van der Waals surface area contributed by atoms with Crippen molar-refractivity contribution in [3.05, 3.63) is 17.0 Å². The molecule has 2 N–H and O–H groups in total. The van der Waals surface area contributed by atoms with Crippen molar-refractivity contribution in [1.82, 2.24) is 20.0 Å². The molecule has 2 amide bonds. The second kappa shape index (κ2) is 6.93. The quantitative estimate of drug-likeness (QED) is 0.870. The number of aromatic nitrogens is 2. The average molecular weight is 294 g/mol. The first-order valence-corrected chi connectivity index (χ1v) is 7.65. The van der Waals surface area contributed by atoms with E-state index in [9.17, 15) is 4.79 Å². The van der Waals surface area contributed by atoms with Crippen molar-refractivity contribution in [2.45, 2.75) is 33.1 Å². The molecule has 1 saturated heterocycles. The number of piperidine rings is 1. The monoisotopic (exact) mass is 294 g/mol. The lowest BCUT2D eigenvalue weighted by Gasteiger charge is -2.31. The third-order valence-corrected chi connectivity index (χ3v) is 4.47. The number of carbonyl (C=O) groups is 1. The average Bonchev–Trinajstić information content (AvgIpc) is 2.73. The normalized spacial score (nSPS) is 16.3. The Balaban J connectivity index is 1.77. The number of aryl methyl sites for hydroxylation is 2. The van der Waals surface area contributed by atoms with Crippen LogP contribution >= 0.6 is 0 Å². The molecule has 0 bridgehead atoms. The zero-order valence-corrected chi connectivity index (χ0v) is 13.2. The molecule has 0 aliphatic carbocycles. The van der Waals surface area contributed by atoms with Crippen LogP contribution in [0.1, 0.15) is 29.8 Å². The molecule has 0 spiro atoms. The third-order valence-electron chi connectivity index (χ3n) is 4.47. The molecule has 0 saturated carbocycles. The van der Waals surface area contributed by atoms with Crippen molar-refractivity contribution in [2.75, 3.05) is 26.2 Å². The molecule has 0 unspecified atom stereocenters. The molecule has 2 heterocycles. The fourth-order valence-corrected chi connectivity index (χ4v) is 2.90. The number of hydrogen-bond donors (Lipinski definition) is 2. The molecule has 0 atom stereocenters. The van der Waals surface area contributed by atoms with E-state index < -0.39 is 0 Å². The highest BCUT2D eigenvalue weighted by molar-refractivity contribution is 5.74. The first-order chi connectivity index (χ1) is 10.0. The van der Waals surface area contributed by atoms with Gasteiger partial charge in [0.1, 0.15) is 0 Å². The van der Waals surface area contributed by atoms with E-state index in [2.05, 4.69) is 17.3 Å². The van der Waals surface area contributed by atoms with Gasteiger partial charge >= 0.3 is 6.03 Å². The number of rotatable bonds is 4. The van der Waals surface area contributed by atoms with E-state index in [1.807, 2.05) is 23.6 Å². The number of nitrogens with zero attached hydrogens (tertiary/aromatic N) is 3. The summed E-state index contributed by atoms with van der Waals surface area (Å²) in [5, 5.41) is 16.5. The molecule has 1 aromatic rings. The Morgan fingerprint density at radius 3 is 2.57 bits per heavy atom. The van der Waals surface area contributed by atoms with E-state index in [1.165, 1.54) is 5.56 Å². The molecule has 1 aromatic heterocycles. The Morgan fingerprint density at radius 1 is 1.38 bits per heavy atom. The van der Waals surface area contributed by atoms with Gasteiger partial charge in [0.25, 0.3) is 0 Å². The molecular weight excluding hydrogens is 268 g/mol. The highest BCUT2D eigenvalue weighted by Crippen LogP contribution is 2.16. The van der Waals surface area contributed by atoms with E-state index in [-0.39, 0.29) is 12.6 Å². The number of urea groups is 1. The van der Waals surface area contributed by atoms with E-state index >= 15 is 0 Å². The second-order valence-electron chi connectivity index (χ2n) is 5.87. The summed E-state index contributed by atoms with van der Waals surface area (Å²) in [6.45, 7) is 6.39. The van der Waals surface area contributed by atoms with E-state index in [0.717, 1.165) is 43.7 Å². The van der Waals surface area contributed by atoms with Crippen molar-refractivity contribution >= 4 is 6.03 Å². The van der Waals surface area contributed by atoms with Crippen molar-refractivity contribution < 1.29 is 9.90 Å². The summed E-state index contributed by atoms with van der Waals surface area (Å²) >= 11 is 0. The minimum absolute atomic E-state index is 0.00517.